The first-order valence-electron chi connectivity index (χ1n) is 11.7. The van der Waals surface area contributed by atoms with Crippen LogP contribution in [0.25, 0.3) is 0 Å². The minimum Gasteiger partial charge on any atom is -0.462 e. The Kier molecular flexibility index (Phi) is 5.74. The Morgan fingerprint density at radius 3 is 2.03 bits per heavy atom. The van der Waals surface area contributed by atoms with Gasteiger partial charge in [0.15, 0.2) is 5.78 Å². The average Bonchev–Trinajstić information content (AvgIpc) is 2.98. The van der Waals surface area contributed by atoms with E-state index in [0.29, 0.717) is 12.8 Å². The lowest BCUT2D eigenvalue weighted by Gasteiger charge is -2.57. The average molecular weight is 447 g/mol. The highest BCUT2D eigenvalue weighted by Gasteiger charge is 2.62. The standard InChI is InChI=1S/C25H34O7/c1-13(26)30-21-11-19-20(29)10-16-17-6-7-23(32-15(3)28)24(17,4)9-8-18(16)25(19,5)12-22(21)31-14(2)27/h10,17-19,21-23H,6-9,11-12H2,1-5H3. The Bertz CT molecular complexity index is 876. The third-order valence-electron chi connectivity index (χ3n) is 8.74. The van der Waals surface area contributed by atoms with E-state index in [-0.39, 0.29) is 46.4 Å². The van der Waals surface area contributed by atoms with E-state index in [0.717, 1.165) is 25.7 Å². The molecule has 4 aliphatic carbocycles. The normalized spacial score (nSPS) is 42.7. The summed E-state index contributed by atoms with van der Waals surface area (Å²) in [6, 6.07) is 0. The van der Waals surface area contributed by atoms with Crippen molar-refractivity contribution in [2.24, 2.45) is 28.6 Å². The summed E-state index contributed by atoms with van der Waals surface area (Å²) in [5.74, 6) is -0.927. The minimum absolute atomic E-state index is 0.0670. The van der Waals surface area contributed by atoms with Gasteiger partial charge in [-0.3, -0.25) is 19.2 Å². The van der Waals surface area contributed by atoms with Gasteiger partial charge in [-0.05, 0) is 61.9 Å². The molecule has 32 heavy (non-hydrogen) atoms. The molecular formula is C25H34O7. The van der Waals surface area contributed by atoms with Gasteiger partial charge in [0.25, 0.3) is 0 Å². The van der Waals surface area contributed by atoms with Gasteiger partial charge in [0.1, 0.15) is 18.3 Å². The van der Waals surface area contributed by atoms with Crippen molar-refractivity contribution in [3.63, 3.8) is 0 Å². The topological polar surface area (TPSA) is 96.0 Å². The van der Waals surface area contributed by atoms with Crippen molar-refractivity contribution < 1.29 is 33.4 Å². The van der Waals surface area contributed by atoms with E-state index in [9.17, 15) is 19.2 Å². The molecule has 8 unspecified atom stereocenters. The molecule has 0 amide bonds. The summed E-state index contributed by atoms with van der Waals surface area (Å²) in [4.78, 5) is 48.5. The van der Waals surface area contributed by atoms with Crippen molar-refractivity contribution in [2.45, 2.75) is 91.5 Å². The fourth-order valence-corrected chi connectivity index (χ4v) is 7.37. The minimum atomic E-state index is -0.609. The molecule has 4 aliphatic rings. The number of hydrogen-bond acceptors (Lipinski definition) is 7. The molecule has 0 spiro atoms. The van der Waals surface area contributed by atoms with Crippen molar-refractivity contribution in [3.8, 4) is 0 Å². The highest BCUT2D eigenvalue weighted by atomic mass is 16.6. The van der Waals surface area contributed by atoms with Crippen LogP contribution in [0, 0.1) is 28.6 Å². The SMILES string of the molecule is CC(=O)OC1CC2C(=O)C=C3C4CCC(OC(C)=O)C4(C)CCC3C2(C)CC1OC(C)=O. The first-order valence-corrected chi connectivity index (χ1v) is 11.7. The molecule has 4 rings (SSSR count). The van der Waals surface area contributed by atoms with Gasteiger partial charge in [-0.15, -0.1) is 0 Å². The van der Waals surface area contributed by atoms with Gasteiger partial charge in [0.2, 0.25) is 0 Å². The molecule has 0 radical (unpaired) electrons. The Labute approximate surface area is 189 Å². The van der Waals surface area contributed by atoms with Crippen LogP contribution in [0.4, 0.5) is 0 Å². The maximum Gasteiger partial charge on any atom is 0.303 e. The Balaban J connectivity index is 1.67. The second kappa shape index (κ2) is 7.99. The lowest BCUT2D eigenvalue weighted by molar-refractivity contribution is -0.184. The third kappa shape index (κ3) is 3.67. The summed E-state index contributed by atoms with van der Waals surface area (Å²) in [5, 5.41) is 0. The zero-order valence-electron chi connectivity index (χ0n) is 19.6. The first kappa shape index (κ1) is 23.0. The van der Waals surface area contributed by atoms with Crippen LogP contribution in [0.15, 0.2) is 11.6 Å². The third-order valence-corrected chi connectivity index (χ3v) is 8.74. The number of fused-ring (bicyclic) bond motifs is 5. The molecule has 176 valence electrons. The Hall–Kier alpha value is -2.18. The van der Waals surface area contributed by atoms with Gasteiger partial charge in [0, 0.05) is 32.1 Å². The molecule has 0 heterocycles. The predicted octanol–water partition coefficient (Wildman–Crippen LogP) is 3.53. The molecule has 0 aromatic rings. The number of allylic oxidation sites excluding steroid dienone is 2. The lowest BCUT2D eigenvalue weighted by Crippen LogP contribution is -2.57. The van der Waals surface area contributed by atoms with Crippen molar-refractivity contribution in [1.29, 1.82) is 0 Å². The maximum absolute atomic E-state index is 13.4. The van der Waals surface area contributed by atoms with Crippen LogP contribution in [-0.2, 0) is 33.4 Å². The fraction of sp³-hybridized carbons (Fsp3) is 0.760. The summed E-state index contributed by atoms with van der Waals surface area (Å²) in [7, 11) is 0. The molecule has 8 atom stereocenters. The van der Waals surface area contributed by atoms with E-state index in [1.165, 1.54) is 26.3 Å². The van der Waals surface area contributed by atoms with E-state index in [1.54, 1.807) is 0 Å². The van der Waals surface area contributed by atoms with Crippen LogP contribution >= 0.6 is 0 Å². The molecule has 0 bridgehead atoms. The first-order chi connectivity index (χ1) is 15.0. The van der Waals surface area contributed by atoms with Crippen molar-refractivity contribution in [2.75, 3.05) is 0 Å². The molecule has 7 nitrogen and oxygen atoms in total. The van der Waals surface area contributed by atoms with E-state index in [4.69, 9.17) is 14.2 Å². The van der Waals surface area contributed by atoms with E-state index >= 15 is 0 Å². The molecular weight excluding hydrogens is 412 g/mol. The number of ketones is 1. The monoisotopic (exact) mass is 446 g/mol. The number of carbonyl (C=O) groups is 4. The van der Waals surface area contributed by atoms with Gasteiger partial charge in [-0.2, -0.15) is 0 Å². The highest BCUT2D eigenvalue weighted by molar-refractivity contribution is 5.94. The molecule has 3 saturated carbocycles. The smallest absolute Gasteiger partial charge is 0.303 e. The summed E-state index contributed by atoms with van der Waals surface area (Å²) in [6.45, 7) is 8.47. The molecule has 0 N–H and O–H groups in total. The number of esters is 3. The van der Waals surface area contributed by atoms with Gasteiger partial charge < -0.3 is 14.2 Å². The Morgan fingerprint density at radius 1 is 0.812 bits per heavy atom. The van der Waals surface area contributed by atoms with Gasteiger partial charge in [0.05, 0.1) is 0 Å². The van der Waals surface area contributed by atoms with Crippen LogP contribution < -0.4 is 0 Å². The van der Waals surface area contributed by atoms with Crippen LogP contribution in [0.3, 0.4) is 0 Å². The van der Waals surface area contributed by atoms with Crippen LogP contribution in [0.5, 0.6) is 0 Å². The van der Waals surface area contributed by atoms with Crippen LogP contribution in [0.1, 0.15) is 73.1 Å². The summed E-state index contributed by atoms with van der Waals surface area (Å²) in [6.07, 6.45) is 4.91. The fourth-order valence-electron chi connectivity index (χ4n) is 7.37. The quantitative estimate of drug-likeness (QED) is 0.483. The molecule has 0 aliphatic heterocycles. The van der Waals surface area contributed by atoms with Gasteiger partial charge in [-0.1, -0.05) is 19.4 Å². The molecule has 7 heteroatoms. The second-order valence-corrected chi connectivity index (χ2v) is 10.7. The zero-order valence-corrected chi connectivity index (χ0v) is 19.6. The zero-order chi connectivity index (χ0) is 23.4. The molecule has 0 saturated heterocycles. The van der Waals surface area contributed by atoms with Crippen molar-refractivity contribution >= 4 is 23.7 Å². The highest BCUT2D eigenvalue weighted by Crippen LogP contribution is 2.64. The predicted molar refractivity (Wildman–Crippen MR) is 114 cm³/mol. The number of carbonyl (C=O) groups excluding carboxylic acids is 4. The van der Waals surface area contributed by atoms with E-state index < -0.39 is 24.1 Å². The Morgan fingerprint density at radius 2 is 1.41 bits per heavy atom. The second-order valence-electron chi connectivity index (χ2n) is 10.7. The largest absolute Gasteiger partial charge is 0.462 e. The van der Waals surface area contributed by atoms with Crippen molar-refractivity contribution in [3.05, 3.63) is 11.6 Å². The van der Waals surface area contributed by atoms with E-state index in [1.807, 2.05) is 6.08 Å². The summed E-state index contributed by atoms with van der Waals surface area (Å²) >= 11 is 0. The molecule has 3 fully saturated rings. The molecule has 0 aromatic carbocycles. The molecule has 0 aromatic heterocycles. The number of ether oxygens (including phenoxy) is 3. The van der Waals surface area contributed by atoms with Gasteiger partial charge >= 0.3 is 17.9 Å². The maximum atomic E-state index is 13.4. The van der Waals surface area contributed by atoms with Crippen molar-refractivity contribution in [1.82, 2.24) is 0 Å². The summed E-state index contributed by atoms with van der Waals surface area (Å²) < 4.78 is 16.8. The number of hydrogen-bond donors (Lipinski definition) is 0. The van der Waals surface area contributed by atoms with Gasteiger partial charge in [-0.25, -0.2) is 0 Å². The number of rotatable bonds is 3. The van der Waals surface area contributed by atoms with E-state index in [2.05, 4.69) is 13.8 Å². The van der Waals surface area contributed by atoms with Crippen LogP contribution in [-0.4, -0.2) is 42.0 Å². The summed E-state index contributed by atoms with van der Waals surface area (Å²) in [5.41, 5.74) is 0.630. The van der Waals surface area contributed by atoms with Crippen LogP contribution in [0.2, 0.25) is 0 Å². The lowest BCUT2D eigenvalue weighted by atomic mass is 9.48.